The van der Waals surface area contributed by atoms with Crippen molar-refractivity contribution < 1.29 is 9.90 Å². The van der Waals surface area contributed by atoms with E-state index in [2.05, 4.69) is 26.2 Å². The molecule has 94 valence electrons. The molecule has 1 heterocycles. The highest BCUT2D eigenvalue weighted by atomic mass is 79.9. The molecule has 2 N–H and O–H groups in total. The molecule has 1 amide bonds. The molecule has 0 aromatic carbocycles. The molecule has 0 fully saturated rings. The Balaban J connectivity index is 2.33. The predicted molar refractivity (Wildman–Crippen MR) is 69.8 cm³/mol. The second-order valence-electron chi connectivity index (χ2n) is 4.03. The van der Waals surface area contributed by atoms with Crippen molar-refractivity contribution in [1.29, 1.82) is 0 Å². The van der Waals surface area contributed by atoms with Gasteiger partial charge in [-0.05, 0) is 46.8 Å². The maximum absolute atomic E-state index is 11.7. The van der Waals surface area contributed by atoms with E-state index in [1.807, 2.05) is 6.92 Å². The maximum atomic E-state index is 11.7. The number of nitrogens with one attached hydrogen (secondary N) is 1. The monoisotopic (exact) mass is 300 g/mol. The number of aliphatic hydroxyl groups is 1. The highest BCUT2D eigenvalue weighted by Gasteiger charge is 2.09. The zero-order valence-electron chi connectivity index (χ0n) is 9.82. The first-order valence-corrected chi connectivity index (χ1v) is 6.44. The highest BCUT2D eigenvalue weighted by Crippen LogP contribution is 2.12. The molecule has 0 radical (unpaired) electrons. The van der Waals surface area contributed by atoms with Gasteiger partial charge >= 0.3 is 0 Å². The third kappa shape index (κ3) is 4.83. The predicted octanol–water partition coefficient (Wildman–Crippen LogP) is 1.98. The van der Waals surface area contributed by atoms with Crippen molar-refractivity contribution in [1.82, 2.24) is 10.3 Å². The van der Waals surface area contributed by atoms with Gasteiger partial charge in [0, 0.05) is 19.3 Å². The van der Waals surface area contributed by atoms with Gasteiger partial charge in [0.25, 0.3) is 5.91 Å². The first-order valence-electron chi connectivity index (χ1n) is 5.64. The Kier molecular flexibility index (Phi) is 6.15. The van der Waals surface area contributed by atoms with Crippen molar-refractivity contribution >= 4 is 21.8 Å². The highest BCUT2D eigenvalue weighted by molar-refractivity contribution is 9.10. The molecule has 1 aromatic rings. The van der Waals surface area contributed by atoms with Crippen LogP contribution in [0, 0.1) is 5.92 Å². The molecule has 0 aliphatic rings. The van der Waals surface area contributed by atoms with Crippen LogP contribution in [0.4, 0.5) is 0 Å². The maximum Gasteiger partial charge on any atom is 0.254 e. The fraction of sp³-hybridized carbons (Fsp3) is 0.500. The lowest BCUT2D eigenvalue weighted by molar-refractivity contribution is 0.0951. The van der Waals surface area contributed by atoms with Gasteiger partial charge in [-0.15, -0.1) is 0 Å². The minimum Gasteiger partial charge on any atom is -0.396 e. The average Bonchev–Trinajstić information content (AvgIpc) is 2.34. The number of hydrogen-bond donors (Lipinski definition) is 2. The minimum atomic E-state index is -0.123. The third-order valence-electron chi connectivity index (χ3n) is 2.47. The van der Waals surface area contributed by atoms with Crippen molar-refractivity contribution in [2.45, 2.75) is 19.8 Å². The lowest BCUT2D eigenvalue weighted by atomic mass is 10.1. The van der Waals surface area contributed by atoms with E-state index in [0.717, 1.165) is 12.8 Å². The van der Waals surface area contributed by atoms with Crippen molar-refractivity contribution in [3.8, 4) is 0 Å². The zero-order chi connectivity index (χ0) is 12.7. The van der Waals surface area contributed by atoms with E-state index in [-0.39, 0.29) is 18.4 Å². The Morgan fingerprint density at radius 1 is 1.65 bits per heavy atom. The first kappa shape index (κ1) is 14.1. The topological polar surface area (TPSA) is 62.2 Å². The Hall–Kier alpha value is -0.940. The van der Waals surface area contributed by atoms with Crippen molar-refractivity contribution in [2.24, 2.45) is 5.92 Å². The lowest BCUT2D eigenvalue weighted by Gasteiger charge is -2.08. The summed E-state index contributed by atoms with van der Waals surface area (Å²) in [5.74, 6) is 0.165. The summed E-state index contributed by atoms with van der Waals surface area (Å²) in [5.41, 5.74) is 0.544. The Morgan fingerprint density at radius 2 is 2.41 bits per heavy atom. The van der Waals surface area contributed by atoms with Crippen molar-refractivity contribution in [3.05, 3.63) is 28.5 Å². The molecule has 4 nitrogen and oxygen atoms in total. The molecule has 0 bridgehead atoms. The van der Waals surface area contributed by atoms with Crippen LogP contribution in [-0.4, -0.2) is 29.1 Å². The second-order valence-corrected chi connectivity index (χ2v) is 4.78. The molecular formula is C12H17BrN2O2. The number of rotatable bonds is 6. The molecule has 0 aliphatic heterocycles. The molecular weight excluding hydrogens is 284 g/mol. The van der Waals surface area contributed by atoms with E-state index >= 15 is 0 Å². The number of carbonyl (C=O) groups excluding carboxylic acids is 1. The number of carbonyl (C=O) groups is 1. The Bertz CT molecular complexity index is 371. The number of aromatic nitrogens is 1. The summed E-state index contributed by atoms with van der Waals surface area (Å²) in [4.78, 5) is 15.7. The fourth-order valence-corrected chi connectivity index (χ4v) is 1.82. The average molecular weight is 301 g/mol. The molecule has 0 spiro atoms. The normalized spacial score (nSPS) is 12.2. The van der Waals surface area contributed by atoms with Crippen LogP contribution in [0.1, 0.15) is 30.1 Å². The summed E-state index contributed by atoms with van der Waals surface area (Å²) in [6.45, 7) is 2.80. The van der Waals surface area contributed by atoms with E-state index in [0.29, 0.717) is 16.7 Å². The number of amides is 1. The van der Waals surface area contributed by atoms with Crippen molar-refractivity contribution in [2.75, 3.05) is 13.2 Å². The van der Waals surface area contributed by atoms with Crippen LogP contribution < -0.4 is 5.32 Å². The Labute approximate surface area is 110 Å². The van der Waals surface area contributed by atoms with Crippen LogP contribution in [0.2, 0.25) is 0 Å². The zero-order valence-corrected chi connectivity index (χ0v) is 11.4. The van der Waals surface area contributed by atoms with E-state index in [4.69, 9.17) is 5.11 Å². The number of halogens is 1. The number of pyridine rings is 1. The van der Waals surface area contributed by atoms with Gasteiger partial charge in [0.1, 0.15) is 4.60 Å². The summed E-state index contributed by atoms with van der Waals surface area (Å²) in [7, 11) is 0. The number of nitrogens with zero attached hydrogens (tertiary/aromatic N) is 1. The smallest absolute Gasteiger partial charge is 0.254 e. The minimum absolute atomic E-state index is 0.123. The molecule has 0 saturated heterocycles. The summed E-state index contributed by atoms with van der Waals surface area (Å²) in [6.07, 6.45) is 3.40. The van der Waals surface area contributed by atoms with Gasteiger partial charge in [-0.1, -0.05) is 6.92 Å². The summed E-state index contributed by atoms with van der Waals surface area (Å²) < 4.78 is 0.557. The summed E-state index contributed by atoms with van der Waals surface area (Å²) in [6, 6.07) is 3.45. The van der Waals surface area contributed by atoms with Gasteiger partial charge in [0.05, 0.1) is 5.56 Å². The van der Waals surface area contributed by atoms with E-state index < -0.39 is 0 Å². The molecule has 17 heavy (non-hydrogen) atoms. The van der Waals surface area contributed by atoms with E-state index in [1.54, 1.807) is 18.3 Å². The first-order chi connectivity index (χ1) is 8.15. The van der Waals surface area contributed by atoms with Gasteiger partial charge in [0.2, 0.25) is 0 Å². The molecule has 5 heteroatoms. The largest absolute Gasteiger partial charge is 0.396 e. The van der Waals surface area contributed by atoms with Crippen LogP contribution in [-0.2, 0) is 0 Å². The van der Waals surface area contributed by atoms with Crippen LogP contribution in [0.15, 0.2) is 22.9 Å². The summed E-state index contributed by atoms with van der Waals surface area (Å²) >= 11 is 3.24. The molecule has 1 atom stereocenters. The van der Waals surface area contributed by atoms with Gasteiger partial charge in [-0.2, -0.15) is 0 Å². The molecule has 0 saturated carbocycles. The van der Waals surface area contributed by atoms with E-state index in [9.17, 15) is 4.79 Å². The van der Waals surface area contributed by atoms with Gasteiger partial charge < -0.3 is 10.4 Å². The van der Waals surface area contributed by atoms with Gasteiger partial charge in [-0.3, -0.25) is 4.79 Å². The lowest BCUT2D eigenvalue weighted by Crippen LogP contribution is -2.25. The fourth-order valence-electron chi connectivity index (χ4n) is 1.39. The standard InChI is InChI=1S/C12H17BrN2O2/c1-9(8-16)4-2-7-15-12(17)10-5-3-6-14-11(10)13/h3,5-6,9,16H,2,4,7-8H2,1H3,(H,15,17). The van der Waals surface area contributed by atoms with Crippen LogP contribution >= 0.6 is 15.9 Å². The molecule has 1 rings (SSSR count). The second kappa shape index (κ2) is 7.40. The molecule has 0 aliphatic carbocycles. The van der Waals surface area contributed by atoms with E-state index in [1.165, 1.54) is 0 Å². The number of aliphatic hydroxyl groups excluding tert-OH is 1. The quantitative estimate of drug-likeness (QED) is 0.624. The van der Waals surface area contributed by atoms with Crippen LogP contribution in [0.25, 0.3) is 0 Å². The summed E-state index contributed by atoms with van der Waals surface area (Å²) in [5, 5.41) is 11.7. The Morgan fingerprint density at radius 3 is 3.06 bits per heavy atom. The molecule has 1 unspecified atom stereocenters. The van der Waals surface area contributed by atoms with Crippen LogP contribution in [0.3, 0.4) is 0 Å². The molecule has 1 aromatic heterocycles. The SMILES string of the molecule is CC(CO)CCCNC(=O)c1cccnc1Br. The number of hydrogen-bond acceptors (Lipinski definition) is 3. The van der Waals surface area contributed by atoms with Gasteiger partial charge in [-0.25, -0.2) is 4.98 Å². The van der Waals surface area contributed by atoms with Gasteiger partial charge in [0.15, 0.2) is 0 Å². The van der Waals surface area contributed by atoms with Crippen LogP contribution in [0.5, 0.6) is 0 Å². The van der Waals surface area contributed by atoms with Crippen molar-refractivity contribution in [3.63, 3.8) is 0 Å². The third-order valence-corrected chi connectivity index (χ3v) is 3.11.